The van der Waals surface area contributed by atoms with Crippen molar-refractivity contribution in [3.05, 3.63) is 0 Å². The van der Waals surface area contributed by atoms with Crippen LogP contribution in [0.15, 0.2) is 0 Å². The molecule has 5 heteroatoms. The number of carbonyl (C=O) groups is 1. The SMILES string of the molecule is CN1CCC(NCC(=O)N2CCNCC2)C1. The summed E-state index contributed by atoms with van der Waals surface area (Å²) in [5.74, 6) is 0.246. The van der Waals surface area contributed by atoms with E-state index in [4.69, 9.17) is 0 Å². The Morgan fingerprint density at radius 3 is 2.75 bits per heavy atom. The number of hydrogen-bond donors (Lipinski definition) is 2. The van der Waals surface area contributed by atoms with Crippen LogP contribution in [0.1, 0.15) is 6.42 Å². The number of amides is 1. The van der Waals surface area contributed by atoms with Crippen molar-refractivity contribution in [3.8, 4) is 0 Å². The van der Waals surface area contributed by atoms with Crippen molar-refractivity contribution in [1.82, 2.24) is 20.4 Å². The lowest BCUT2D eigenvalue weighted by Gasteiger charge is -2.28. The molecule has 0 spiro atoms. The molecule has 2 N–H and O–H groups in total. The Labute approximate surface area is 97.2 Å². The fourth-order valence-corrected chi connectivity index (χ4v) is 2.36. The summed E-state index contributed by atoms with van der Waals surface area (Å²) >= 11 is 0. The number of piperazine rings is 1. The largest absolute Gasteiger partial charge is 0.339 e. The summed E-state index contributed by atoms with van der Waals surface area (Å²) in [6, 6.07) is 0.497. The maximum absolute atomic E-state index is 11.9. The summed E-state index contributed by atoms with van der Waals surface area (Å²) in [5, 5.41) is 6.61. The first-order valence-electron chi connectivity index (χ1n) is 6.16. The minimum absolute atomic E-state index is 0.246. The van der Waals surface area contributed by atoms with Gasteiger partial charge in [-0.2, -0.15) is 0 Å². The maximum atomic E-state index is 11.9. The van der Waals surface area contributed by atoms with Crippen LogP contribution in [0.25, 0.3) is 0 Å². The second kappa shape index (κ2) is 5.61. The first-order valence-corrected chi connectivity index (χ1v) is 6.16. The molecule has 0 saturated carbocycles. The fourth-order valence-electron chi connectivity index (χ4n) is 2.36. The molecule has 92 valence electrons. The summed E-state index contributed by atoms with van der Waals surface area (Å²) in [7, 11) is 2.12. The minimum atomic E-state index is 0.246. The summed E-state index contributed by atoms with van der Waals surface area (Å²) in [6.07, 6.45) is 1.16. The minimum Gasteiger partial charge on any atom is -0.339 e. The zero-order valence-corrected chi connectivity index (χ0v) is 10.0. The Morgan fingerprint density at radius 2 is 2.12 bits per heavy atom. The summed E-state index contributed by atoms with van der Waals surface area (Å²) in [4.78, 5) is 16.1. The third kappa shape index (κ3) is 3.17. The third-order valence-electron chi connectivity index (χ3n) is 3.40. The Morgan fingerprint density at radius 1 is 1.38 bits per heavy atom. The smallest absolute Gasteiger partial charge is 0.236 e. The molecule has 0 aromatic heterocycles. The van der Waals surface area contributed by atoms with Crippen LogP contribution < -0.4 is 10.6 Å². The molecule has 1 atom stereocenters. The van der Waals surface area contributed by atoms with Crippen molar-refractivity contribution in [2.24, 2.45) is 0 Å². The predicted molar refractivity (Wildman–Crippen MR) is 63.4 cm³/mol. The van der Waals surface area contributed by atoms with E-state index in [0.717, 1.165) is 45.7 Å². The molecule has 2 aliphatic heterocycles. The average Bonchev–Trinajstić information content (AvgIpc) is 2.73. The van der Waals surface area contributed by atoms with Crippen LogP contribution in [-0.2, 0) is 4.79 Å². The van der Waals surface area contributed by atoms with Gasteiger partial charge in [-0.15, -0.1) is 0 Å². The Bertz CT molecular complexity index is 240. The van der Waals surface area contributed by atoms with Gasteiger partial charge in [0.2, 0.25) is 5.91 Å². The highest BCUT2D eigenvalue weighted by molar-refractivity contribution is 5.78. The Balaban J connectivity index is 1.66. The topological polar surface area (TPSA) is 47.6 Å². The lowest BCUT2D eigenvalue weighted by Crippen LogP contribution is -2.50. The Hall–Kier alpha value is -0.650. The molecular weight excluding hydrogens is 204 g/mol. The van der Waals surface area contributed by atoms with Crippen molar-refractivity contribution >= 4 is 5.91 Å². The van der Waals surface area contributed by atoms with Gasteiger partial charge in [-0.1, -0.05) is 0 Å². The van der Waals surface area contributed by atoms with Crippen LogP contribution in [0.5, 0.6) is 0 Å². The highest BCUT2D eigenvalue weighted by atomic mass is 16.2. The van der Waals surface area contributed by atoms with E-state index in [-0.39, 0.29) is 5.91 Å². The molecule has 0 radical (unpaired) electrons. The first-order chi connectivity index (χ1) is 7.75. The average molecular weight is 226 g/mol. The second-order valence-electron chi connectivity index (χ2n) is 4.76. The van der Waals surface area contributed by atoms with Crippen molar-refractivity contribution in [3.63, 3.8) is 0 Å². The van der Waals surface area contributed by atoms with Gasteiger partial charge < -0.3 is 20.4 Å². The normalized spacial score (nSPS) is 27.3. The molecule has 0 aliphatic carbocycles. The van der Waals surface area contributed by atoms with Crippen LogP contribution in [0.3, 0.4) is 0 Å². The van der Waals surface area contributed by atoms with E-state index in [1.165, 1.54) is 0 Å². The molecule has 2 saturated heterocycles. The van der Waals surface area contributed by atoms with Crippen molar-refractivity contribution < 1.29 is 4.79 Å². The zero-order valence-electron chi connectivity index (χ0n) is 10.0. The Kier molecular flexibility index (Phi) is 4.15. The first kappa shape index (κ1) is 11.8. The highest BCUT2D eigenvalue weighted by Gasteiger charge is 2.21. The fraction of sp³-hybridized carbons (Fsp3) is 0.909. The molecule has 0 bridgehead atoms. The number of rotatable bonds is 3. The molecule has 1 amide bonds. The zero-order chi connectivity index (χ0) is 11.4. The number of carbonyl (C=O) groups excluding carboxylic acids is 1. The predicted octanol–water partition coefficient (Wildman–Crippen LogP) is -1.29. The summed E-state index contributed by atoms with van der Waals surface area (Å²) in [6.45, 7) is 6.26. The van der Waals surface area contributed by atoms with Gasteiger partial charge in [-0.25, -0.2) is 0 Å². The molecule has 2 fully saturated rings. The number of hydrogen-bond acceptors (Lipinski definition) is 4. The van der Waals surface area contributed by atoms with Gasteiger partial charge in [0, 0.05) is 38.8 Å². The standard InChI is InChI=1S/C11H22N4O/c1-14-5-2-10(9-14)13-8-11(16)15-6-3-12-4-7-15/h10,12-13H,2-9H2,1H3. The quantitative estimate of drug-likeness (QED) is 0.629. The van der Waals surface area contributed by atoms with Gasteiger partial charge in [0.15, 0.2) is 0 Å². The van der Waals surface area contributed by atoms with Gasteiger partial charge in [-0.3, -0.25) is 4.79 Å². The van der Waals surface area contributed by atoms with Gasteiger partial charge in [0.05, 0.1) is 6.54 Å². The molecule has 5 nitrogen and oxygen atoms in total. The number of likely N-dealkylation sites (N-methyl/N-ethyl adjacent to an activating group) is 1. The van der Waals surface area contributed by atoms with Gasteiger partial charge in [0.25, 0.3) is 0 Å². The highest BCUT2D eigenvalue weighted by Crippen LogP contribution is 2.05. The lowest BCUT2D eigenvalue weighted by atomic mass is 10.2. The molecule has 0 aromatic rings. The molecule has 16 heavy (non-hydrogen) atoms. The molecular formula is C11H22N4O. The number of likely N-dealkylation sites (tertiary alicyclic amines) is 1. The lowest BCUT2D eigenvalue weighted by molar-refractivity contribution is -0.130. The second-order valence-corrected chi connectivity index (χ2v) is 4.76. The van der Waals surface area contributed by atoms with E-state index in [1.54, 1.807) is 0 Å². The van der Waals surface area contributed by atoms with Crippen LogP contribution >= 0.6 is 0 Å². The van der Waals surface area contributed by atoms with Crippen LogP contribution in [-0.4, -0.2) is 74.6 Å². The molecule has 2 aliphatic rings. The monoisotopic (exact) mass is 226 g/mol. The van der Waals surface area contributed by atoms with Crippen LogP contribution in [0, 0.1) is 0 Å². The third-order valence-corrected chi connectivity index (χ3v) is 3.40. The van der Waals surface area contributed by atoms with E-state index in [0.29, 0.717) is 12.6 Å². The van der Waals surface area contributed by atoms with E-state index in [1.807, 2.05) is 4.90 Å². The van der Waals surface area contributed by atoms with Crippen LogP contribution in [0.2, 0.25) is 0 Å². The van der Waals surface area contributed by atoms with Gasteiger partial charge >= 0.3 is 0 Å². The van der Waals surface area contributed by atoms with Gasteiger partial charge in [-0.05, 0) is 20.0 Å². The van der Waals surface area contributed by atoms with Crippen molar-refractivity contribution in [2.45, 2.75) is 12.5 Å². The van der Waals surface area contributed by atoms with Crippen molar-refractivity contribution in [2.75, 3.05) is 52.9 Å². The number of nitrogens with one attached hydrogen (secondary N) is 2. The van der Waals surface area contributed by atoms with E-state index in [2.05, 4.69) is 22.6 Å². The number of nitrogens with zero attached hydrogens (tertiary/aromatic N) is 2. The molecule has 0 aromatic carbocycles. The van der Waals surface area contributed by atoms with Crippen LogP contribution in [0.4, 0.5) is 0 Å². The van der Waals surface area contributed by atoms with E-state index >= 15 is 0 Å². The summed E-state index contributed by atoms with van der Waals surface area (Å²) < 4.78 is 0. The maximum Gasteiger partial charge on any atom is 0.236 e. The van der Waals surface area contributed by atoms with E-state index in [9.17, 15) is 4.79 Å². The summed E-state index contributed by atoms with van der Waals surface area (Å²) in [5.41, 5.74) is 0. The van der Waals surface area contributed by atoms with E-state index < -0.39 is 0 Å². The van der Waals surface area contributed by atoms with Crippen molar-refractivity contribution in [1.29, 1.82) is 0 Å². The molecule has 1 unspecified atom stereocenters. The van der Waals surface area contributed by atoms with Gasteiger partial charge in [0.1, 0.15) is 0 Å². The molecule has 2 rings (SSSR count). The molecule has 2 heterocycles.